The van der Waals surface area contributed by atoms with E-state index in [0.717, 1.165) is 27.8 Å². The number of rotatable bonds is 7. The molecule has 0 aliphatic rings. The first kappa shape index (κ1) is 20.0. The van der Waals surface area contributed by atoms with Crippen molar-refractivity contribution < 1.29 is 22.0 Å². The number of nitrogens with one attached hydrogen (secondary N) is 1. The number of sulfonamides is 1. The van der Waals surface area contributed by atoms with Gasteiger partial charge in [0.15, 0.2) is 0 Å². The molecular weight excluding hydrogens is 406 g/mol. The first-order chi connectivity index (χ1) is 13.4. The molecule has 28 heavy (non-hydrogen) atoms. The lowest BCUT2D eigenvalue weighted by Crippen LogP contribution is -2.40. The topological polar surface area (TPSA) is 66.5 Å². The first-order valence-corrected chi connectivity index (χ1v) is 10.5. The molecule has 0 spiro atoms. The minimum atomic E-state index is -3.99. The SMILES string of the molecule is O=C(CN(c1ccc(F)cc1)S(=O)(=O)c1cccs1)NCc1ccc(F)cc1. The molecule has 9 heteroatoms. The number of anilines is 1. The van der Waals surface area contributed by atoms with E-state index < -0.39 is 28.3 Å². The number of carbonyl (C=O) groups is 1. The summed E-state index contributed by atoms with van der Waals surface area (Å²) in [6, 6.07) is 13.5. The highest BCUT2D eigenvalue weighted by molar-refractivity contribution is 7.94. The molecule has 0 fully saturated rings. The Kier molecular flexibility index (Phi) is 6.05. The average Bonchev–Trinajstić information content (AvgIpc) is 3.22. The van der Waals surface area contributed by atoms with Gasteiger partial charge in [-0.3, -0.25) is 9.10 Å². The second kappa shape index (κ2) is 8.49. The predicted molar refractivity (Wildman–Crippen MR) is 103 cm³/mol. The van der Waals surface area contributed by atoms with Crippen LogP contribution in [-0.2, 0) is 21.4 Å². The molecule has 1 aromatic heterocycles. The quantitative estimate of drug-likeness (QED) is 0.633. The Morgan fingerprint density at radius 1 is 0.964 bits per heavy atom. The molecule has 0 unspecified atom stereocenters. The van der Waals surface area contributed by atoms with Crippen LogP contribution in [0.25, 0.3) is 0 Å². The van der Waals surface area contributed by atoms with Crippen molar-refractivity contribution in [2.45, 2.75) is 10.8 Å². The fourth-order valence-corrected chi connectivity index (χ4v) is 4.96. The molecule has 146 valence electrons. The molecule has 3 aromatic rings. The summed E-state index contributed by atoms with van der Waals surface area (Å²) in [5.41, 5.74) is 0.843. The molecule has 0 aliphatic heterocycles. The predicted octanol–water partition coefficient (Wildman–Crippen LogP) is 3.54. The molecule has 0 saturated heterocycles. The van der Waals surface area contributed by atoms with Crippen LogP contribution < -0.4 is 9.62 Å². The van der Waals surface area contributed by atoms with Gasteiger partial charge in [0.05, 0.1) is 5.69 Å². The molecule has 0 aliphatic carbocycles. The van der Waals surface area contributed by atoms with Crippen LogP contribution >= 0.6 is 11.3 Å². The second-order valence-corrected chi connectivity index (χ2v) is 8.86. The van der Waals surface area contributed by atoms with Gasteiger partial charge in [-0.15, -0.1) is 11.3 Å². The van der Waals surface area contributed by atoms with Gasteiger partial charge in [0.2, 0.25) is 5.91 Å². The van der Waals surface area contributed by atoms with Gasteiger partial charge in [0.1, 0.15) is 22.4 Å². The summed E-state index contributed by atoms with van der Waals surface area (Å²) in [6.45, 7) is -0.359. The Labute approximate surface area is 165 Å². The van der Waals surface area contributed by atoms with Crippen molar-refractivity contribution in [1.29, 1.82) is 0 Å². The van der Waals surface area contributed by atoms with Crippen molar-refractivity contribution in [2.24, 2.45) is 0 Å². The zero-order chi connectivity index (χ0) is 20.1. The van der Waals surface area contributed by atoms with Crippen LogP contribution in [0.2, 0.25) is 0 Å². The third-order valence-corrected chi connectivity index (χ3v) is 6.99. The van der Waals surface area contributed by atoms with Crippen LogP contribution in [-0.4, -0.2) is 20.9 Å². The summed E-state index contributed by atoms with van der Waals surface area (Å²) in [5, 5.41) is 4.22. The molecular formula is C19H16F2N2O3S2. The summed E-state index contributed by atoms with van der Waals surface area (Å²) < 4.78 is 53.1. The van der Waals surface area contributed by atoms with Crippen molar-refractivity contribution >= 4 is 33.0 Å². The summed E-state index contributed by atoms with van der Waals surface area (Å²) in [5.74, 6) is -1.45. The third kappa shape index (κ3) is 4.73. The fourth-order valence-electron chi connectivity index (χ4n) is 2.43. The normalized spacial score (nSPS) is 11.2. The summed E-state index contributed by atoms with van der Waals surface area (Å²) in [4.78, 5) is 12.4. The van der Waals surface area contributed by atoms with Crippen molar-refractivity contribution in [1.82, 2.24) is 5.32 Å². The van der Waals surface area contributed by atoms with E-state index in [1.54, 1.807) is 11.4 Å². The molecule has 2 aromatic carbocycles. The van der Waals surface area contributed by atoms with Crippen molar-refractivity contribution in [3.05, 3.63) is 83.2 Å². The maximum Gasteiger partial charge on any atom is 0.274 e. The standard InChI is InChI=1S/C19H16F2N2O3S2/c20-15-5-3-14(4-6-15)12-22-18(24)13-23(17-9-7-16(21)8-10-17)28(25,26)19-2-1-11-27-19/h1-11H,12-13H2,(H,22,24). The zero-order valence-corrected chi connectivity index (χ0v) is 16.1. The zero-order valence-electron chi connectivity index (χ0n) is 14.5. The van der Waals surface area contributed by atoms with Crippen LogP contribution in [0.15, 0.2) is 70.3 Å². The van der Waals surface area contributed by atoms with Gasteiger partial charge in [-0.05, 0) is 53.4 Å². The van der Waals surface area contributed by atoms with Crippen LogP contribution in [0.5, 0.6) is 0 Å². The number of nitrogens with zero attached hydrogens (tertiary/aromatic N) is 1. The van der Waals surface area contributed by atoms with Crippen LogP contribution in [0.1, 0.15) is 5.56 Å². The third-order valence-electron chi connectivity index (χ3n) is 3.84. The Balaban J connectivity index is 1.80. The van der Waals surface area contributed by atoms with E-state index in [0.29, 0.717) is 5.56 Å². The summed E-state index contributed by atoms with van der Waals surface area (Å²) >= 11 is 1.02. The van der Waals surface area contributed by atoms with Gasteiger partial charge >= 0.3 is 0 Å². The second-order valence-electron chi connectivity index (χ2n) is 5.82. The Hall–Kier alpha value is -2.78. The summed E-state index contributed by atoms with van der Waals surface area (Å²) in [7, 11) is -3.99. The number of amides is 1. The summed E-state index contributed by atoms with van der Waals surface area (Å²) in [6.07, 6.45) is 0. The van der Waals surface area contributed by atoms with E-state index in [1.165, 1.54) is 42.5 Å². The van der Waals surface area contributed by atoms with E-state index in [1.807, 2.05) is 0 Å². The number of carbonyl (C=O) groups excluding carboxylic acids is 1. The number of hydrogen-bond acceptors (Lipinski definition) is 4. The van der Waals surface area contributed by atoms with E-state index in [4.69, 9.17) is 0 Å². The lowest BCUT2D eigenvalue weighted by molar-refractivity contribution is -0.119. The highest BCUT2D eigenvalue weighted by atomic mass is 32.2. The van der Waals surface area contributed by atoms with Crippen LogP contribution in [0.4, 0.5) is 14.5 Å². The first-order valence-electron chi connectivity index (χ1n) is 8.19. The van der Waals surface area contributed by atoms with Gasteiger partial charge in [0.25, 0.3) is 10.0 Å². The Morgan fingerprint density at radius 2 is 1.57 bits per heavy atom. The molecule has 0 bridgehead atoms. The lowest BCUT2D eigenvalue weighted by Gasteiger charge is -2.23. The van der Waals surface area contributed by atoms with E-state index in [9.17, 15) is 22.0 Å². The maximum absolute atomic E-state index is 13.2. The lowest BCUT2D eigenvalue weighted by atomic mass is 10.2. The largest absolute Gasteiger partial charge is 0.350 e. The molecule has 3 rings (SSSR count). The van der Waals surface area contributed by atoms with E-state index >= 15 is 0 Å². The Morgan fingerprint density at radius 3 is 2.14 bits per heavy atom. The Bertz CT molecular complexity index is 1040. The van der Waals surface area contributed by atoms with Crippen molar-refractivity contribution in [2.75, 3.05) is 10.8 Å². The fraction of sp³-hybridized carbons (Fsp3) is 0.105. The van der Waals surface area contributed by atoms with Gasteiger partial charge < -0.3 is 5.32 Å². The minimum Gasteiger partial charge on any atom is -0.350 e. The van der Waals surface area contributed by atoms with E-state index in [2.05, 4.69) is 5.32 Å². The minimum absolute atomic E-state index is 0.0724. The molecule has 1 amide bonds. The smallest absolute Gasteiger partial charge is 0.274 e. The highest BCUT2D eigenvalue weighted by Gasteiger charge is 2.28. The maximum atomic E-state index is 13.2. The molecule has 0 atom stereocenters. The van der Waals surface area contributed by atoms with Crippen LogP contribution in [0, 0.1) is 11.6 Å². The average molecular weight is 422 g/mol. The molecule has 5 nitrogen and oxygen atoms in total. The number of thiophene rings is 1. The number of halogens is 2. The highest BCUT2D eigenvalue weighted by Crippen LogP contribution is 2.26. The number of hydrogen-bond donors (Lipinski definition) is 1. The molecule has 0 radical (unpaired) electrons. The van der Waals surface area contributed by atoms with Crippen LogP contribution in [0.3, 0.4) is 0 Å². The number of benzene rings is 2. The van der Waals surface area contributed by atoms with Gasteiger partial charge in [-0.1, -0.05) is 18.2 Å². The molecule has 1 heterocycles. The van der Waals surface area contributed by atoms with Crippen molar-refractivity contribution in [3.63, 3.8) is 0 Å². The van der Waals surface area contributed by atoms with Gasteiger partial charge in [-0.2, -0.15) is 0 Å². The van der Waals surface area contributed by atoms with Crippen molar-refractivity contribution in [3.8, 4) is 0 Å². The molecule has 0 saturated carbocycles. The van der Waals surface area contributed by atoms with E-state index in [-0.39, 0.29) is 22.3 Å². The monoisotopic (exact) mass is 422 g/mol. The van der Waals surface area contributed by atoms with Gasteiger partial charge in [0, 0.05) is 6.54 Å². The molecule has 1 N–H and O–H groups in total. The van der Waals surface area contributed by atoms with Gasteiger partial charge in [-0.25, -0.2) is 17.2 Å².